The molecule has 8 heterocycles. The molecule has 404 valence electrons. The van der Waals surface area contributed by atoms with Crippen molar-refractivity contribution >= 4 is 108 Å². The van der Waals surface area contributed by atoms with Crippen LogP contribution in [0.3, 0.4) is 0 Å². The molecule has 0 unspecified atom stereocenters. The zero-order valence-electron chi connectivity index (χ0n) is 47.2. The molecular weight excluding hydrogens is 1170 g/mol. The molecule has 1 nitrogen and oxygen atoms in total. The second kappa shape index (κ2) is 29.0. The van der Waals surface area contributed by atoms with Crippen LogP contribution in [0, 0.1) is 94.7 Å². The Bertz CT molecular complexity index is 4380. The molecule has 8 aromatic heterocycles. The number of thiophene rings is 8. The SMILES string of the molecule is CCc1ccsc1C#Cc1cc(CC)c(C#Cc2cc(CC)c(C#Cc3cc(CC)c(C#Cc4cc(CC)c(C#Cc5cc(CC)c(C#Cc6cc(CC)c(C#Cc7cc(CC)c(C#Cc8ccc(SC(C)=O)cc8)s7)s6)s5)s4)s3)s2)s1. The third-order valence-electron chi connectivity index (χ3n) is 13.0. The highest BCUT2D eigenvalue weighted by Crippen LogP contribution is 2.30. The molecule has 0 amide bonds. The van der Waals surface area contributed by atoms with E-state index in [9.17, 15) is 4.79 Å². The summed E-state index contributed by atoms with van der Waals surface area (Å²) < 4.78 is 0. The average Bonchev–Trinajstić information content (AvgIpc) is 4.49. The number of carbonyl (C=O) groups is 1. The Labute approximate surface area is 522 Å². The largest absolute Gasteiger partial charge is 0.287 e. The summed E-state index contributed by atoms with van der Waals surface area (Å²) in [4.78, 5) is 28.2. The third kappa shape index (κ3) is 15.5. The second-order valence-corrected chi connectivity index (χ2v) is 28.0. The quantitative estimate of drug-likeness (QED) is 0.106. The summed E-state index contributed by atoms with van der Waals surface area (Å²) in [6, 6.07) is 25.4. The summed E-state index contributed by atoms with van der Waals surface area (Å²) in [5.74, 6) is 55.4. The first-order chi connectivity index (χ1) is 40.0. The van der Waals surface area contributed by atoms with E-state index in [1.165, 1.54) is 56.3 Å². The van der Waals surface area contributed by atoms with Gasteiger partial charge < -0.3 is 0 Å². The van der Waals surface area contributed by atoms with Crippen molar-refractivity contribution < 1.29 is 4.79 Å². The number of aryl methyl sites for hydroxylation is 8. The van der Waals surface area contributed by atoms with Crippen LogP contribution in [-0.4, -0.2) is 5.12 Å². The van der Waals surface area contributed by atoms with Crippen molar-refractivity contribution in [3.8, 4) is 94.7 Å². The lowest BCUT2D eigenvalue weighted by molar-refractivity contribution is -0.109. The van der Waals surface area contributed by atoms with Crippen LogP contribution in [0.25, 0.3) is 0 Å². The zero-order chi connectivity index (χ0) is 57.5. The van der Waals surface area contributed by atoms with E-state index in [2.05, 4.69) is 204 Å². The zero-order valence-corrected chi connectivity index (χ0v) is 54.6. The molecule has 0 saturated heterocycles. The van der Waals surface area contributed by atoms with Gasteiger partial charge in [-0.3, -0.25) is 4.79 Å². The van der Waals surface area contributed by atoms with E-state index < -0.39 is 0 Å². The van der Waals surface area contributed by atoms with Gasteiger partial charge in [-0.1, -0.05) is 79.0 Å². The van der Waals surface area contributed by atoms with E-state index in [-0.39, 0.29) is 5.12 Å². The minimum atomic E-state index is 0.0722. The van der Waals surface area contributed by atoms with Crippen LogP contribution in [0.15, 0.2) is 83.1 Å². The maximum atomic E-state index is 11.5. The molecule has 9 rings (SSSR count). The fourth-order valence-corrected chi connectivity index (χ4v) is 16.6. The average molecular weight is 1230 g/mol. The molecule has 0 fully saturated rings. The third-order valence-corrected chi connectivity index (χ3v) is 21.7. The van der Waals surface area contributed by atoms with Crippen LogP contribution in [-0.2, 0) is 56.2 Å². The predicted octanol–water partition coefficient (Wildman–Crippen LogP) is 18.5. The van der Waals surface area contributed by atoms with Gasteiger partial charge in [0.1, 0.15) is 0 Å². The molecule has 0 bridgehead atoms. The van der Waals surface area contributed by atoms with Crippen LogP contribution >= 0.6 is 102 Å². The molecule has 0 N–H and O–H groups in total. The summed E-state index contributed by atoms with van der Waals surface area (Å²) >= 11 is 14.6. The van der Waals surface area contributed by atoms with E-state index in [1.807, 2.05) is 24.3 Å². The Morgan fingerprint density at radius 3 is 0.805 bits per heavy atom. The Balaban J connectivity index is 0.864. The van der Waals surface area contributed by atoms with Crippen LogP contribution in [0.1, 0.15) is 186 Å². The van der Waals surface area contributed by atoms with Gasteiger partial charge in [-0.05, 0) is 257 Å². The van der Waals surface area contributed by atoms with Crippen molar-refractivity contribution in [2.24, 2.45) is 0 Å². The minimum absolute atomic E-state index is 0.0722. The molecular formula is C72H56OS9. The summed E-state index contributed by atoms with van der Waals surface area (Å²) in [6.45, 7) is 19.0. The minimum Gasteiger partial charge on any atom is -0.287 e. The van der Waals surface area contributed by atoms with Crippen molar-refractivity contribution in [2.45, 2.75) is 119 Å². The summed E-state index contributed by atoms with van der Waals surface area (Å²) in [5, 5.41) is 2.20. The highest BCUT2D eigenvalue weighted by atomic mass is 32.2. The molecule has 0 spiro atoms. The van der Waals surface area contributed by atoms with Gasteiger partial charge >= 0.3 is 0 Å². The maximum Gasteiger partial charge on any atom is 0.190 e. The van der Waals surface area contributed by atoms with Crippen molar-refractivity contribution in [1.29, 1.82) is 0 Å². The monoisotopic (exact) mass is 1220 g/mol. The van der Waals surface area contributed by atoms with Crippen LogP contribution in [0.4, 0.5) is 0 Å². The van der Waals surface area contributed by atoms with Gasteiger partial charge in [0.25, 0.3) is 0 Å². The lowest BCUT2D eigenvalue weighted by atomic mass is 10.1. The summed E-state index contributed by atoms with van der Waals surface area (Å²) in [5.41, 5.74) is 10.8. The van der Waals surface area contributed by atoms with Crippen LogP contribution < -0.4 is 0 Å². The molecule has 0 saturated carbocycles. The van der Waals surface area contributed by atoms with Gasteiger partial charge in [0.15, 0.2) is 5.12 Å². The molecule has 0 aliphatic carbocycles. The molecule has 0 radical (unpaired) electrons. The van der Waals surface area contributed by atoms with Crippen molar-refractivity contribution in [2.75, 3.05) is 0 Å². The second-order valence-electron chi connectivity index (χ2n) is 18.5. The molecule has 82 heavy (non-hydrogen) atoms. The first kappa shape index (κ1) is 59.9. The molecule has 0 aliphatic rings. The van der Waals surface area contributed by atoms with E-state index in [1.54, 1.807) is 97.6 Å². The van der Waals surface area contributed by atoms with Crippen molar-refractivity contribution in [3.63, 3.8) is 0 Å². The lowest BCUT2D eigenvalue weighted by Gasteiger charge is -1.96. The van der Waals surface area contributed by atoms with E-state index in [0.717, 1.165) is 135 Å². The van der Waals surface area contributed by atoms with Crippen LogP contribution in [0.2, 0.25) is 0 Å². The molecule has 0 aliphatic heterocycles. The van der Waals surface area contributed by atoms with E-state index >= 15 is 0 Å². The number of hydrogen-bond donors (Lipinski definition) is 0. The fourth-order valence-electron chi connectivity index (χ4n) is 8.46. The number of hydrogen-bond acceptors (Lipinski definition) is 10. The topological polar surface area (TPSA) is 17.1 Å². The van der Waals surface area contributed by atoms with E-state index in [4.69, 9.17) is 0 Å². The highest BCUT2D eigenvalue weighted by molar-refractivity contribution is 8.13. The highest BCUT2D eigenvalue weighted by Gasteiger charge is 2.13. The predicted molar refractivity (Wildman–Crippen MR) is 360 cm³/mol. The molecule has 0 atom stereocenters. The molecule has 9 aromatic rings. The molecule has 1 aromatic carbocycles. The van der Waals surface area contributed by atoms with Gasteiger partial charge in [-0.2, -0.15) is 0 Å². The normalized spacial score (nSPS) is 10.2. The Morgan fingerprint density at radius 2 is 0.561 bits per heavy atom. The number of rotatable bonds is 9. The first-order valence-corrected chi connectivity index (χ1v) is 34.8. The Hall–Kier alpha value is -6.68. The van der Waals surface area contributed by atoms with Gasteiger partial charge in [0, 0.05) is 17.4 Å². The Morgan fingerprint density at radius 1 is 0.317 bits per heavy atom. The number of benzene rings is 1. The standard InChI is InChI=1S/C72H56OS9/c1-10-49-38-39-74-65(49)31-23-58-41-51(12-3)67(77-58)33-25-60-43-53(14-5)69(79-60)35-27-62-45-55(16-7)71(81-62)37-29-64-46-56(17-8)72(82-64)36-28-63-44-54(15-6)70(80-63)34-26-61-42-52(13-4)68(78-61)32-24-59-40-50(11-2)66(76-59)30-20-48-18-21-57(22-19-48)75-47(9)73/h18-19,21-22,38-46H,10-17H2,1-9H3. The van der Waals surface area contributed by atoms with E-state index in [0.29, 0.717) is 0 Å². The smallest absolute Gasteiger partial charge is 0.190 e. The molecule has 10 heteroatoms. The number of carbonyl (C=O) groups excluding carboxylic acids is 1. The van der Waals surface area contributed by atoms with Gasteiger partial charge in [0.2, 0.25) is 0 Å². The van der Waals surface area contributed by atoms with Gasteiger partial charge in [-0.25, -0.2) is 0 Å². The van der Waals surface area contributed by atoms with Gasteiger partial charge in [-0.15, -0.1) is 90.7 Å². The van der Waals surface area contributed by atoms with Crippen molar-refractivity contribution in [1.82, 2.24) is 0 Å². The Kier molecular flexibility index (Phi) is 21.2. The summed E-state index contributed by atoms with van der Waals surface area (Å²) in [6.07, 6.45) is 7.24. The maximum absolute atomic E-state index is 11.5. The van der Waals surface area contributed by atoms with Crippen molar-refractivity contribution in [3.05, 3.63) is 201 Å². The van der Waals surface area contributed by atoms with Crippen LogP contribution in [0.5, 0.6) is 0 Å². The first-order valence-electron chi connectivity index (χ1n) is 27.4. The number of thioether (sulfide) groups is 1. The van der Waals surface area contributed by atoms with Gasteiger partial charge in [0.05, 0.1) is 73.2 Å². The lowest BCUT2D eigenvalue weighted by Crippen LogP contribution is -1.82. The fraction of sp³-hybridized carbons (Fsp3) is 0.236. The summed E-state index contributed by atoms with van der Waals surface area (Å²) in [7, 11) is 0.